The Morgan fingerprint density at radius 2 is 1.80 bits per heavy atom. The number of carbonyl (C=O) groups is 2. The Kier molecular flexibility index (Phi) is 7.78. The summed E-state index contributed by atoms with van der Waals surface area (Å²) in [6, 6.07) is 11.4. The first-order valence-corrected chi connectivity index (χ1v) is 12.9. The highest BCUT2D eigenvalue weighted by molar-refractivity contribution is 5.96. The molecule has 0 aliphatic heterocycles. The molecule has 0 unspecified atom stereocenters. The molecule has 2 saturated carbocycles. The molecule has 35 heavy (non-hydrogen) atoms. The SMILES string of the molecule is Cc1ccc(CC(=O)Nc2cc([C@H]3C[C@H]3C(=O)O)c(F)cc2N(CC(C)C)C2CCCCC2)cc1. The van der Waals surface area contributed by atoms with E-state index in [0.717, 1.165) is 43.4 Å². The molecule has 1 amide bonds. The first-order chi connectivity index (χ1) is 16.7. The van der Waals surface area contributed by atoms with Gasteiger partial charge in [0, 0.05) is 18.5 Å². The lowest BCUT2D eigenvalue weighted by Crippen LogP contribution is -2.40. The molecule has 2 atom stereocenters. The minimum atomic E-state index is -0.896. The maximum atomic E-state index is 15.4. The van der Waals surface area contributed by atoms with Gasteiger partial charge in [-0.1, -0.05) is 62.9 Å². The van der Waals surface area contributed by atoms with Gasteiger partial charge in [0.1, 0.15) is 5.82 Å². The molecule has 2 aromatic carbocycles. The summed E-state index contributed by atoms with van der Waals surface area (Å²) < 4.78 is 15.4. The first kappa shape index (κ1) is 25.2. The summed E-state index contributed by atoms with van der Waals surface area (Å²) in [5, 5.41) is 12.5. The molecule has 2 N–H and O–H groups in total. The van der Waals surface area contributed by atoms with Gasteiger partial charge in [-0.3, -0.25) is 9.59 Å². The minimum Gasteiger partial charge on any atom is -0.481 e. The average Bonchev–Trinajstić information content (AvgIpc) is 3.62. The summed E-state index contributed by atoms with van der Waals surface area (Å²) in [7, 11) is 0. The average molecular weight is 481 g/mol. The molecule has 0 aromatic heterocycles. The van der Waals surface area contributed by atoms with Crippen molar-refractivity contribution >= 4 is 23.3 Å². The monoisotopic (exact) mass is 480 g/mol. The Balaban J connectivity index is 1.67. The highest BCUT2D eigenvalue weighted by Gasteiger charge is 2.46. The van der Waals surface area contributed by atoms with E-state index in [1.54, 1.807) is 6.07 Å². The van der Waals surface area contributed by atoms with E-state index < -0.39 is 11.9 Å². The van der Waals surface area contributed by atoms with Crippen molar-refractivity contribution in [3.05, 3.63) is 58.9 Å². The smallest absolute Gasteiger partial charge is 0.307 e. The van der Waals surface area contributed by atoms with Crippen LogP contribution in [0, 0.1) is 24.6 Å². The Morgan fingerprint density at radius 1 is 1.11 bits per heavy atom. The van der Waals surface area contributed by atoms with Crippen LogP contribution in [0.3, 0.4) is 0 Å². The summed E-state index contributed by atoms with van der Waals surface area (Å²) >= 11 is 0. The Hall–Kier alpha value is -2.89. The number of hydrogen-bond donors (Lipinski definition) is 2. The van der Waals surface area contributed by atoms with Crippen LogP contribution >= 0.6 is 0 Å². The van der Waals surface area contributed by atoms with Crippen LogP contribution < -0.4 is 10.2 Å². The van der Waals surface area contributed by atoms with Crippen LogP contribution in [0.4, 0.5) is 15.8 Å². The third kappa shape index (κ3) is 6.22. The van der Waals surface area contributed by atoms with Crippen molar-refractivity contribution in [2.45, 2.75) is 77.7 Å². The summed E-state index contributed by atoms with van der Waals surface area (Å²) in [4.78, 5) is 26.8. The maximum Gasteiger partial charge on any atom is 0.307 e. The number of nitrogens with one attached hydrogen (secondary N) is 1. The molecule has 5 nitrogen and oxygen atoms in total. The molecule has 0 heterocycles. The molecule has 2 fully saturated rings. The van der Waals surface area contributed by atoms with E-state index in [9.17, 15) is 14.7 Å². The number of aliphatic carboxylic acids is 1. The van der Waals surface area contributed by atoms with Gasteiger partial charge in [-0.2, -0.15) is 0 Å². The fraction of sp³-hybridized carbons (Fsp3) is 0.517. The van der Waals surface area contributed by atoms with E-state index in [4.69, 9.17) is 0 Å². The van der Waals surface area contributed by atoms with Gasteiger partial charge in [-0.15, -0.1) is 0 Å². The fourth-order valence-electron chi connectivity index (χ4n) is 5.33. The van der Waals surface area contributed by atoms with E-state index in [0.29, 0.717) is 35.3 Å². The van der Waals surface area contributed by atoms with Gasteiger partial charge in [0.25, 0.3) is 0 Å². The largest absolute Gasteiger partial charge is 0.481 e. The normalized spacial score (nSPS) is 20.0. The second-order valence-electron chi connectivity index (χ2n) is 10.7. The topological polar surface area (TPSA) is 69.6 Å². The minimum absolute atomic E-state index is 0.161. The highest BCUT2D eigenvalue weighted by atomic mass is 19.1. The zero-order valence-electron chi connectivity index (χ0n) is 21.0. The molecule has 6 heteroatoms. The summed E-state index contributed by atoms with van der Waals surface area (Å²) in [5.74, 6) is -1.97. The van der Waals surface area contributed by atoms with Gasteiger partial charge in [-0.05, 0) is 55.4 Å². The molecule has 2 aromatic rings. The molecular formula is C29H37FN2O3. The van der Waals surface area contributed by atoms with Crippen molar-refractivity contribution in [2.24, 2.45) is 11.8 Å². The van der Waals surface area contributed by atoms with Gasteiger partial charge in [-0.25, -0.2) is 4.39 Å². The molecule has 4 rings (SSSR count). The highest BCUT2D eigenvalue weighted by Crippen LogP contribution is 2.50. The van der Waals surface area contributed by atoms with Gasteiger partial charge in [0.05, 0.1) is 23.7 Å². The quantitative estimate of drug-likeness (QED) is 0.442. The Labute approximate surface area is 207 Å². The predicted octanol–water partition coefficient (Wildman–Crippen LogP) is 6.30. The lowest BCUT2D eigenvalue weighted by molar-refractivity contribution is -0.138. The zero-order chi connectivity index (χ0) is 25.1. The number of benzene rings is 2. The zero-order valence-corrected chi connectivity index (χ0v) is 21.0. The maximum absolute atomic E-state index is 15.4. The van der Waals surface area contributed by atoms with Crippen LogP contribution in [0.5, 0.6) is 0 Å². The van der Waals surface area contributed by atoms with E-state index >= 15 is 4.39 Å². The number of anilines is 2. The fourth-order valence-corrected chi connectivity index (χ4v) is 5.33. The molecule has 0 bridgehead atoms. The molecule has 0 saturated heterocycles. The second kappa shape index (κ2) is 10.8. The van der Waals surface area contributed by atoms with E-state index in [1.165, 1.54) is 12.5 Å². The Bertz CT molecular complexity index is 1060. The number of rotatable bonds is 9. The van der Waals surface area contributed by atoms with Crippen molar-refractivity contribution in [3.63, 3.8) is 0 Å². The first-order valence-electron chi connectivity index (χ1n) is 12.9. The van der Waals surface area contributed by atoms with Crippen molar-refractivity contribution in [1.82, 2.24) is 0 Å². The third-order valence-electron chi connectivity index (χ3n) is 7.27. The number of nitrogens with zero attached hydrogens (tertiary/aromatic N) is 1. The van der Waals surface area contributed by atoms with Crippen LogP contribution in [-0.2, 0) is 16.0 Å². The molecule has 188 valence electrons. The third-order valence-corrected chi connectivity index (χ3v) is 7.27. The van der Waals surface area contributed by atoms with E-state index in [-0.39, 0.29) is 24.1 Å². The van der Waals surface area contributed by atoms with Crippen molar-refractivity contribution < 1.29 is 19.1 Å². The number of halogens is 1. The Morgan fingerprint density at radius 3 is 2.40 bits per heavy atom. The number of carboxylic acid groups (broad SMARTS) is 1. The van der Waals surface area contributed by atoms with Crippen LogP contribution in [0.2, 0.25) is 0 Å². The van der Waals surface area contributed by atoms with Crippen LogP contribution in [0.1, 0.15) is 75.0 Å². The van der Waals surface area contributed by atoms with Crippen LogP contribution in [0.15, 0.2) is 36.4 Å². The predicted molar refractivity (Wildman–Crippen MR) is 137 cm³/mol. The molecule has 2 aliphatic carbocycles. The second-order valence-corrected chi connectivity index (χ2v) is 10.7. The standard InChI is InChI=1S/C29H37FN2O3/c1-18(2)17-32(21-7-5-4-6-8-21)27-16-25(30)23(22-14-24(22)29(34)35)15-26(27)31-28(33)13-20-11-9-19(3)10-12-20/h9-12,15-16,18,21-22,24H,4-8,13-14,17H2,1-3H3,(H,31,33)(H,34,35)/t22-,24-/m1/s1. The van der Waals surface area contributed by atoms with Crippen LogP contribution in [0.25, 0.3) is 0 Å². The lowest BCUT2D eigenvalue weighted by Gasteiger charge is -2.38. The van der Waals surface area contributed by atoms with Gasteiger partial charge in [0.15, 0.2) is 0 Å². The molecule has 0 radical (unpaired) electrons. The van der Waals surface area contributed by atoms with Crippen molar-refractivity contribution in [1.29, 1.82) is 0 Å². The van der Waals surface area contributed by atoms with Crippen LogP contribution in [-0.4, -0.2) is 29.6 Å². The number of hydrogen-bond acceptors (Lipinski definition) is 3. The summed E-state index contributed by atoms with van der Waals surface area (Å²) in [5.41, 5.74) is 3.72. The summed E-state index contributed by atoms with van der Waals surface area (Å²) in [6.45, 7) is 7.08. The molecular weight excluding hydrogens is 443 g/mol. The van der Waals surface area contributed by atoms with Crippen molar-refractivity contribution in [2.75, 3.05) is 16.8 Å². The molecule has 2 aliphatic rings. The summed E-state index contributed by atoms with van der Waals surface area (Å²) in [6.07, 6.45) is 6.28. The number of carboxylic acids is 1. The van der Waals surface area contributed by atoms with Crippen molar-refractivity contribution in [3.8, 4) is 0 Å². The van der Waals surface area contributed by atoms with Gasteiger partial charge < -0.3 is 15.3 Å². The van der Waals surface area contributed by atoms with E-state index in [1.807, 2.05) is 31.2 Å². The molecule has 0 spiro atoms. The number of amides is 1. The van der Waals surface area contributed by atoms with Gasteiger partial charge >= 0.3 is 5.97 Å². The number of aryl methyl sites for hydroxylation is 1. The van der Waals surface area contributed by atoms with E-state index in [2.05, 4.69) is 24.1 Å². The lowest BCUT2D eigenvalue weighted by atomic mass is 9.92. The van der Waals surface area contributed by atoms with Gasteiger partial charge in [0.2, 0.25) is 5.91 Å². The number of carbonyl (C=O) groups excluding carboxylic acids is 1.